The van der Waals surface area contributed by atoms with Gasteiger partial charge in [-0.05, 0) is 43.4 Å². The lowest BCUT2D eigenvalue weighted by Crippen LogP contribution is -2.57. The van der Waals surface area contributed by atoms with Crippen LogP contribution in [0.15, 0.2) is 18.2 Å². The lowest BCUT2D eigenvalue weighted by atomic mass is 9.98. The number of nitrogens with zero attached hydrogens (tertiary/aromatic N) is 1. The van der Waals surface area contributed by atoms with Crippen LogP contribution in [0.25, 0.3) is 0 Å². The molecule has 0 saturated carbocycles. The molecule has 1 aromatic carbocycles. The molecule has 2 rings (SSSR count). The van der Waals surface area contributed by atoms with Gasteiger partial charge in [-0.25, -0.2) is 4.39 Å². The molecule has 1 aromatic rings. The predicted molar refractivity (Wildman–Crippen MR) is 83.8 cm³/mol. The molecule has 2 unspecified atom stereocenters. The summed E-state index contributed by atoms with van der Waals surface area (Å²) in [5.41, 5.74) is 1.74. The Morgan fingerprint density at radius 2 is 2.15 bits per heavy atom. The minimum atomic E-state index is -0.0892. The second-order valence-electron chi connectivity index (χ2n) is 6.40. The quantitative estimate of drug-likeness (QED) is 0.902. The van der Waals surface area contributed by atoms with Gasteiger partial charge in [-0.2, -0.15) is 0 Å². The maximum absolute atomic E-state index is 14.3. The van der Waals surface area contributed by atoms with Crippen LogP contribution in [-0.2, 0) is 0 Å². The van der Waals surface area contributed by atoms with Gasteiger partial charge in [0.1, 0.15) is 5.82 Å². The summed E-state index contributed by atoms with van der Waals surface area (Å²) in [4.78, 5) is 2.26. The molecule has 1 aliphatic heterocycles. The van der Waals surface area contributed by atoms with Gasteiger partial charge in [0.05, 0.1) is 5.69 Å². The summed E-state index contributed by atoms with van der Waals surface area (Å²) in [5, 5.41) is 3.62. The molecule has 0 bridgehead atoms. The third kappa shape index (κ3) is 3.51. The van der Waals surface area contributed by atoms with Gasteiger partial charge in [-0.15, -0.1) is 0 Å². The smallest absolute Gasteiger partial charge is 0.146 e. The molecular weight excluding hydrogens is 251 g/mol. The van der Waals surface area contributed by atoms with Crippen molar-refractivity contribution < 1.29 is 4.39 Å². The van der Waals surface area contributed by atoms with Gasteiger partial charge in [-0.1, -0.05) is 26.8 Å². The summed E-state index contributed by atoms with van der Waals surface area (Å²) in [6.07, 6.45) is 2.18. The molecule has 20 heavy (non-hydrogen) atoms. The topological polar surface area (TPSA) is 15.3 Å². The SMILES string of the molecule is CCC1CNC(CC(C)C)CN1c1ccc(C)cc1F. The van der Waals surface area contributed by atoms with Crippen LogP contribution in [-0.4, -0.2) is 25.2 Å². The molecule has 0 spiro atoms. The molecule has 0 amide bonds. The van der Waals surface area contributed by atoms with Crippen LogP contribution < -0.4 is 10.2 Å². The second-order valence-corrected chi connectivity index (χ2v) is 6.40. The van der Waals surface area contributed by atoms with E-state index in [4.69, 9.17) is 0 Å². The van der Waals surface area contributed by atoms with Crippen LogP contribution in [0, 0.1) is 18.7 Å². The Labute approximate surface area is 122 Å². The summed E-state index contributed by atoms with van der Waals surface area (Å²) >= 11 is 0. The minimum Gasteiger partial charge on any atom is -0.363 e. The van der Waals surface area contributed by atoms with Crippen molar-refractivity contribution in [3.63, 3.8) is 0 Å². The largest absolute Gasteiger partial charge is 0.363 e. The van der Waals surface area contributed by atoms with Crippen molar-refractivity contribution in [2.24, 2.45) is 5.92 Å². The first-order chi connectivity index (χ1) is 9.51. The van der Waals surface area contributed by atoms with Crippen LogP contribution in [0.4, 0.5) is 10.1 Å². The fraction of sp³-hybridized carbons (Fsp3) is 0.647. The highest BCUT2D eigenvalue weighted by atomic mass is 19.1. The molecule has 1 N–H and O–H groups in total. The Balaban J connectivity index is 2.20. The Bertz CT molecular complexity index is 445. The van der Waals surface area contributed by atoms with Gasteiger partial charge >= 0.3 is 0 Å². The molecule has 0 aromatic heterocycles. The number of benzene rings is 1. The number of piperazine rings is 1. The van der Waals surface area contributed by atoms with Gasteiger partial charge in [0.25, 0.3) is 0 Å². The van der Waals surface area contributed by atoms with Crippen molar-refractivity contribution in [2.75, 3.05) is 18.0 Å². The van der Waals surface area contributed by atoms with Gasteiger partial charge in [0, 0.05) is 25.2 Å². The van der Waals surface area contributed by atoms with E-state index in [-0.39, 0.29) is 5.82 Å². The zero-order valence-corrected chi connectivity index (χ0v) is 13.1. The lowest BCUT2D eigenvalue weighted by Gasteiger charge is -2.42. The van der Waals surface area contributed by atoms with E-state index in [9.17, 15) is 4.39 Å². The second kappa shape index (κ2) is 6.57. The summed E-state index contributed by atoms with van der Waals surface area (Å²) in [6.45, 7) is 10.4. The fourth-order valence-corrected chi connectivity index (χ4v) is 3.10. The fourth-order valence-electron chi connectivity index (χ4n) is 3.10. The van der Waals surface area contributed by atoms with Crippen molar-refractivity contribution in [3.05, 3.63) is 29.6 Å². The zero-order valence-electron chi connectivity index (χ0n) is 13.1. The van der Waals surface area contributed by atoms with Crippen LogP contribution >= 0.6 is 0 Å². The third-order valence-corrected chi connectivity index (χ3v) is 4.14. The molecule has 1 heterocycles. The van der Waals surface area contributed by atoms with Gasteiger partial charge in [0.2, 0.25) is 0 Å². The Kier molecular flexibility index (Phi) is 5.03. The van der Waals surface area contributed by atoms with Crippen LogP contribution in [0.5, 0.6) is 0 Å². The number of aryl methyl sites for hydroxylation is 1. The molecule has 112 valence electrons. The Hall–Kier alpha value is -1.09. The standard InChI is InChI=1S/C17H27FN2/c1-5-15-10-19-14(8-12(2)3)11-20(15)17-7-6-13(4)9-16(17)18/h6-7,9,12,14-15,19H,5,8,10-11H2,1-4H3. The normalized spacial score (nSPS) is 23.4. The van der Waals surface area contributed by atoms with Gasteiger partial charge in [0.15, 0.2) is 0 Å². The minimum absolute atomic E-state index is 0.0892. The molecule has 2 nitrogen and oxygen atoms in total. The van der Waals surface area contributed by atoms with E-state index in [2.05, 4.69) is 31.0 Å². The number of hydrogen-bond acceptors (Lipinski definition) is 2. The molecule has 2 atom stereocenters. The zero-order chi connectivity index (χ0) is 14.7. The molecule has 0 aliphatic carbocycles. The predicted octanol–water partition coefficient (Wildman–Crippen LogP) is 3.74. The maximum Gasteiger partial charge on any atom is 0.146 e. The summed E-state index contributed by atoms with van der Waals surface area (Å²) < 4.78 is 14.3. The van der Waals surface area contributed by atoms with E-state index in [1.165, 1.54) is 0 Å². The number of hydrogen-bond donors (Lipinski definition) is 1. The average Bonchev–Trinajstić information content (AvgIpc) is 2.38. The van der Waals surface area contributed by atoms with Crippen LogP contribution in [0.3, 0.4) is 0 Å². The van der Waals surface area contributed by atoms with Crippen molar-refractivity contribution in [3.8, 4) is 0 Å². The number of rotatable bonds is 4. The first kappa shape index (κ1) is 15.3. The summed E-state index contributed by atoms with van der Waals surface area (Å²) in [6, 6.07) is 6.42. The summed E-state index contributed by atoms with van der Waals surface area (Å²) in [7, 11) is 0. The molecule has 1 saturated heterocycles. The van der Waals surface area contributed by atoms with E-state index in [0.717, 1.165) is 37.2 Å². The highest BCUT2D eigenvalue weighted by molar-refractivity contribution is 5.50. The van der Waals surface area contributed by atoms with E-state index in [0.29, 0.717) is 18.0 Å². The molecule has 3 heteroatoms. The van der Waals surface area contributed by atoms with E-state index >= 15 is 0 Å². The number of nitrogens with one attached hydrogen (secondary N) is 1. The van der Waals surface area contributed by atoms with E-state index < -0.39 is 0 Å². The Morgan fingerprint density at radius 1 is 1.40 bits per heavy atom. The molecule has 0 radical (unpaired) electrons. The van der Waals surface area contributed by atoms with Crippen molar-refractivity contribution in [1.82, 2.24) is 5.32 Å². The number of halogens is 1. The third-order valence-electron chi connectivity index (χ3n) is 4.14. The highest BCUT2D eigenvalue weighted by Gasteiger charge is 2.28. The monoisotopic (exact) mass is 278 g/mol. The van der Waals surface area contributed by atoms with Crippen molar-refractivity contribution in [2.45, 2.75) is 52.6 Å². The van der Waals surface area contributed by atoms with E-state index in [1.54, 1.807) is 6.07 Å². The molecule has 1 aliphatic rings. The van der Waals surface area contributed by atoms with Crippen molar-refractivity contribution in [1.29, 1.82) is 0 Å². The summed E-state index contributed by atoms with van der Waals surface area (Å²) in [5.74, 6) is 0.573. The molecule has 1 fully saturated rings. The number of anilines is 1. The van der Waals surface area contributed by atoms with Crippen LogP contribution in [0.2, 0.25) is 0 Å². The first-order valence-electron chi connectivity index (χ1n) is 7.77. The maximum atomic E-state index is 14.3. The van der Waals surface area contributed by atoms with Crippen molar-refractivity contribution >= 4 is 5.69 Å². The lowest BCUT2D eigenvalue weighted by molar-refractivity contribution is 0.341. The van der Waals surface area contributed by atoms with Crippen LogP contribution in [0.1, 0.15) is 39.2 Å². The first-order valence-corrected chi connectivity index (χ1v) is 7.77. The van der Waals surface area contributed by atoms with Gasteiger partial charge < -0.3 is 10.2 Å². The van der Waals surface area contributed by atoms with Gasteiger partial charge in [-0.3, -0.25) is 0 Å². The van der Waals surface area contributed by atoms with E-state index in [1.807, 2.05) is 19.1 Å². The highest BCUT2D eigenvalue weighted by Crippen LogP contribution is 2.26. The molecular formula is C17H27FN2. The Morgan fingerprint density at radius 3 is 2.75 bits per heavy atom. The average molecular weight is 278 g/mol.